The lowest BCUT2D eigenvalue weighted by Crippen LogP contribution is -2.31. The molecular formula is C24H26BrNO5. The first-order valence-electron chi connectivity index (χ1n) is 10.2. The number of halogens is 1. The van der Waals surface area contributed by atoms with E-state index in [1.54, 1.807) is 31.4 Å². The minimum atomic E-state index is -0.686. The van der Waals surface area contributed by atoms with E-state index in [2.05, 4.69) is 15.9 Å². The fraction of sp³-hybridized carbons (Fsp3) is 0.333. The largest absolute Gasteiger partial charge is 0.507 e. The Kier molecular flexibility index (Phi) is 7.87. The van der Waals surface area contributed by atoms with Gasteiger partial charge in [-0.3, -0.25) is 9.59 Å². The monoisotopic (exact) mass is 487 g/mol. The second-order valence-electron chi connectivity index (χ2n) is 7.26. The van der Waals surface area contributed by atoms with Crippen LogP contribution in [0.4, 0.5) is 0 Å². The first-order valence-corrected chi connectivity index (χ1v) is 11.0. The summed E-state index contributed by atoms with van der Waals surface area (Å²) < 4.78 is 11.6. The SMILES string of the molecule is CCCOc1ccc(C2C(=C(O)c3ccc(Br)cc3)C(=O)C(=O)N2CCCOC)cc1. The zero-order chi connectivity index (χ0) is 22.4. The summed E-state index contributed by atoms with van der Waals surface area (Å²) in [6.45, 7) is 3.45. The van der Waals surface area contributed by atoms with Crippen LogP contribution in [0.5, 0.6) is 5.75 Å². The molecule has 7 heteroatoms. The lowest BCUT2D eigenvalue weighted by molar-refractivity contribution is -0.140. The zero-order valence-electron chi connectivity index (χ0n) is 17.6. The first-order chi connectivity index (χ1) is 15.0. The summed E-state index contributed by atoms with van der Waals surface area (Å²) in [4.78, 5) is 27.3. The number of amides is 1. The van der Waals surface area contributed by atoms with Crippen LogP contribution in [0.15, 0.2) is 58.6 Å². The van der Waals surface area contributed by atoms with Crippen LogP contribution in [-0.2, 0) is 14.3 Å². The van der Waals surface area contributed by atoms with Gasteiger partial charge in [-0.05, 0) is 42.7 Å². The van der Waals surface area contributed by atoms with Crippen molar-refractivity contribution in [2.24, 2.45) is 0 Å². The highest BCUT2D eigenvalue weighted by molar-refractivity contribution is 9.10. The fourth-order valence-corrected chi connectivity index (χ4v) is 3.83. The normalized spacial score (nSPS) is 17.9. The van der Waals surface area contributed by atoms with E-state index in [0.717, 1.165) is 22.2 Å². The van der Waals surface area contributed by atoms with E-state index in [1.165, 1.54) is 4.90 Å². The fourth-order valence-electron chi connectivity index (χ4n) is 3.57. The van der Waals surface area contributed by atoms with E-state index in [4.69, 9.17) is 9.47 Å². The average Bonchev–Trinajstić information content (AvgIpc) is 3.03. The molecule has 1 aliphatic heterocycles. The molecule has 0 spiro atoms. The first kappa shape index (κ1) is 23.0. The molecule has 1 amide bonds. The summed E-state index contributed by atoms with van der Waals surface area (Å²) in [5, 5.41) is 11.0. The van der Waals surface area contributed by atoms with Crippen molar-refractivity contribution >= 4 is 33.4 Å². The summed E-state index contributed by atoms with van der Waals surface area (Å²) in [6, 6.07) is 13.6. The Balaban J connectivity index is 2.04. The molecular weight excluding hydrogens is 462 g/mol. The number of aliphatic hydroxyl groups excluding tert-OH is 1. The smallest absolute Gasteiger partial charge is 0.295 e. The number of hydrogen-bond acceptors (Lipinski definition) is 5. The van der Waals surface area contributed by atoms with Crippen molar-refractivity contribution in [2.45, 2.75) is 25.8 Å². The second-order valence-corrected chi connectivity index (χ2v) is 8.18. The minimum Gasteiger partial charge on any atom is -0.507 e. The molecule has 6 nitrogen and oxygen atoms in total. The van der Waals surface area contributed by atoms with Gasteiger partial charge in [-0.2, -0.15) is 0 Å². The van der Waals surface area contributed by atoms with E-state index in [0.29, 0.717) is 31.7 Å². The van der Waals surface area contributed by atoms with Crippen molar-refractivity contribution in [2.75, 3.05) is 26.9 Å². The lowest BCUT2D eigenvalue weighted by atomic mass is 9.95. The van der Waals surface area contributed by atoms with Gasteiger partial charge in [0.05, 0.1) is 18.2 Å². The molecule has 0 saturated carbocycles. The third-order valence-electron chi connectivity index (χ3n) is 5.07. The molecule has 1 heterocycles. The number of Topliss-reactive ketones (excluding diaryl/α,β-unsaturated/α-hetero) is 1. The molecule has 164 valence electrons. The minimum absolute atomic E-state index is 0.0898. The zero-order valence-corrected chi connectivity index (χ0v) is 19.2. The molecule has 3 rings (SSSR count). The van der Waals surface area contributed by atoms with E-state index >= 15 is 0 Å². The van der Waals surface area contributed by atoms with E-state index in [9.17, 15) is 14.7 Å². The van der Waals surface area contributed by atoms with Crippen molar-refractivity contribution in [3.8, 4) is 5.75 Å². The Morgan fingerprint density at radius 1 is 1.06 bits per heavy atom. The highest BCUT2D eigenvalue weighted by Crippen LogP contribution is 2.40. The second kappa shape index (κ2) is 10.6. The van der Waals surface area contributed by atoms with Crippen molar-refractivity contribution in [3.63, 3.8) is 0 Å². The predicted octanol–water partition coefficient (Wildman–Crippen LogP) is 4.70. The predicted molar refractivity (Wildman–Crippen MR) is 122 cm³/mol. The van der Waals surface area contributed by atoms with Crippen LogP contribution in [0.3, 0.4) is 0 Å². The summed E-state index contributed by atoms with van der Waals surface area (Å²) in [6.07, 6.45) is 1.48. The van der Waals surface area contributed by atoms with Crippen LogP contribution in [0, 0.1) is 0 Å². The maximum atomic E-state index is 12.9. The van der Waals surface area contributed by atoms with E-state index < -0.39 is 17.7 Å². The van der Waals surface area contributed by atoms with Crippen LogP contribution in [0.25, 0.3) is 5.76 Å². The number of benzene rings is 2. The van der Waals surface area contributed by atoms with Gasteiger partial charge in [0.1, 0.15) is 11.5 Å². The summed E-state index contributed by atoms with van der Waals surface area (Å²) in [5.74, 6) is -0.772. The van der Waals surface area contributed by atoms with E-state index in [1.807, 2.05) is 31.2 Å². The Bertz CT molecular complexity index is 953. The van der Waals surface area contributed by atoms with E-state index in [-0.39, 0.29) is 11.3 Å². The maximum absolute atomic E-state index is 12.9. The van der Waals surface area contributed by atoms with Crippen LogP contribution < -0.4 is 4.74 Å². The average molecular weight is 488 g/mol. The highest BCUT2D eigenvalue weighted by atomic mass is 79.9. The van der Waals surface area contributed by atoms with Crippen LogP contribution in [0.1, 0.15) is 36.9 Å². The van der Waals surface area contributed by atoms with Gasteiger partial charge in [-0.1, -0.05) is 47.1 Å². The molecule has 2 aromatic rings. The number of aliphatic hydroxyl groups is 1. The number of rotatable bonds is 9. The molecule has 0 aromatic heterocycles. The van der Waals surface area contributed by atoms with Gasteiger partial charge >= 0.3 is 0 Å². The van der Waals surface area contributed by atoms with Gasteiger partial charge in [-0.15, -0.1) is 0 Å². The number of carbonyl (C=O) groups excluding carboxylic acids is 2. The molecule has 1 N–H and O–H groups in total. The summed E-state index contributed by atoms with van der Waals surface area (Å²) in [5.41, 5.74) is 1.30. The van der Waals surface area contributed by atoms with Crippen molar-refractivity contribution in [1.29, 1.82) is 0 Å². The molecule has 0 radical (unpaired) electrons. The van der Waals surface area contributed by atoms with Crippen molar-refractivity contribution in [1.82, 2.24) is 4.90 Å². The third-order valence-corrected chi connectivity index (χ3v) is 5.60. The number of nitrogens with zero attached hydrogens (tertiary/aromatic N) is 1. The number of methoxy groups -OCH3 is 1. The van der Waals surface area contributed by atoms with Gasteiger partial charge in [0.25, 0.3) is 11.7 Å². The van der Waals surface area contributed by atoms with Gasteiger partial charge in [-0.25, -0.2) is 0 Å². The molecule has 31 heavy (non-hydrogen) atoms. The molecule has 1 unspecified atom stereocenters. The molecule has 1 atom stereocenters. The number of hydrogen-bond donors (Lipinski definition) is 1. The number of ether oxygens (including phenoxy) is 2. The Hall–Kier alpha value is -2.64. The molecule has 0 aliphatic carbocycles. The molecule has 1 fully saturated rings. The molecule has 0 bridgehead atoms. The van der Waals surface area contributed by atoms with Gasteiger partial charge < -0.3 is 19.5 Å². The maximum Gasteiger partial charge on any atom is 0.295 e. The summed E-state index contributed by atoms with van der Waals surface area (Å²) in [7, 11) is 1.59. The summed E-state index contributed by atoms with van der Waals surface area (Å²) >= 11 is 3.37. The number of carbonyl (C=O) groups is 2. The Morgan fingerprint density at radius 3 is 2.35 bits per heavy atom. The van der Waals surface area contributed by atoms with Gasteiger partial charge in [0.2, 0.25) is 0 Å². The third kappa shape index (κ3) is 5.17. The van der Waals surface area contributed by atoms with Crippen molar-refractivity contribution < 1.29 is 24.2 Å². The Morgan fingerprint density at radius 2 is 1.74 bits per heavy atom. The van der Waals surface area contributed by atoms with Crippen LogP contribution >= 0.6 is 15.9 Å². The quantitative estimate of drug-likeness (QED) is 0.240. The lowest BCUT2D eigenvalue weighted by Gasteiger charge is -2.25. The van der Waals surface area contributed by atoms with Crippen LogP contribution in [0.2, 0.25) is 0 Å². The molecule has 1 saturated heterocycles. The van der Waals surface area contributed by atoms with Gasteiger partial charge in [0.15, 0.2) is 0 Å². The highest BCUT2D eigenvalue weighted by Gasteiger charge is 2.45. The topological polar surface area (TPSA) is 76.1 Å². The number of likely N-dealkylation sites (tertiary alicyclic amines) is 1. The standard InChI is InChI=1S/C24H26BrNO5/c1-3-14-31-19-11-7-16(8-12-19)21-20(22(27)17-5-9-18(25)10-6-17)23(28)24(29)26(21)13-4-15-30-2/h5-12,21,27H,3-4,13-15H2,1-2H3. The van der Waals surface area contributed by atoms with Gasteiger partial charge in [0, 0.05) is 30.3 Å². The molecule has 1 aliphatic rings. The Labute approximate surface area is 190 Å². The number of ketones is 1. The van der Waals surface area contributed by atoms with Crippen molar-refractivity contribution in [3.05, 3.63) is 69.7 Å². The molecule has 2 aromatic carbocycles. The van der Waals surface area contributed by atoms with Crippen LogP contribution in [-0.4, -0.2) is 48.6 Å².